The van der Waals surface area contributed by atoms with Crippen molar-refractivity contribution in [1.29, 1.82) is 10.5 Å². The quantitative estimate of drug-likeness (QED) is 0.124. The number of hydrogen-bond acceptors (Lipinski definition) is 9. The molecule has 15 rings (SSSR count). The highest BCUT2D eigenvalue weighted by Crippen LogP contribution is 2.58. The van der Waals surface area contributed by atoms with Gasteiger partial charge in [-0.15, -0.1) is 0 Å². The van der Waals surface area contributed by atoms with Gasteiger partial charge in [0.15, 0.2) is 23.2 Å². The standard InChI is InChI=1S/C78H48N10/c1-81-61-42-38-55(39-43-61)59-41-45-65(75(49-59)88-72-32-14-10-28-68(72)86(63-24-6-3-7-25-63)69-29-11-15-33-73(69)88)78-83-76(60-21-17-20-57(47-60)56-19-16-18-53(46-56)51-80)82-77(84-78)64-44-40-58(54-36-34-52(50-79)35-37-54)48-74(64)87-70-30-12-8-26-66(70)85(62-22-4-2-5-23-62)67-27-9-13-31-71(67)87/h2-49H. The van der Waals surface area contributed by atoms with Crippen LogP contribution in [0.25, 0.3) is 72.4 Å². The second-order valence-corrected chi connectivity index (χ2v) is 21.4. The fraction of sp³-hybridized carbons (Fsp3) is 0. The maximum atomic E-state index is 10.00. The van der Waals surface area contributed by atoms with Crippen LogP contribution in [0.1, 0.15) is 11.1 Å². The van der Waals surface area contributed by atoms with Crippen molar-refractivity contribution in [3.63, 3.8) is 0 Å². The fourth-order valence-corrected chi connectivity index (χ4v) is 12.1. The Kier molecular flexibility index (Phi) is 13.1. The van der Waals surface area contributed by atoms with E-state index in [-0.39, 0.29) is 0 Å². The van der Waals surface area contributed by atoms with Crippen molar-refractivity contribution in [2.75, 3.05) is 19.6 Å². The van der Waals surface area contributed by atoms with Crippen molar-refractivity contribution >= 4 is 73.9 Å². The molecule has 3 heterocycles. The Morgan fingerprint density at radius 2 is 0.625 bits per heavy atom. The summed E-state index contributed by atoms with van der Waals surface area (Å²) in [6.07, 6.45) is 0. The average Bonchev–Trinajstić information content (AvgIpc) is 0.857. The Balaban J connectivity index is 1.01. The minimum atomic E-state index is 0.429. The van der Waals surface area contributed by atoms with E-state index in [9.17, 15) is 10.5 Å². The van der Waals surface area contributed by atoms with Gasteiger partial charge in [0.2, 0.25) is 0 Å². The lowest BCUT2D eigenvalue weighted by Gasteiger charge is -2.41. The van der Waals surface area contributed by atoms with Gasteiger partial charge in [-0.05, 0) is 161 Å². The van der Waals surface area contributed by atoms with Crippen LogP contribution in [0.3, 0.4) is 0 Å². The summed E-state index contributed by atoms with van der Waals surface area (Å²) in [4.78, 5) is 29.8. The summed E-state index contributed by atoms with van der Waals surface area (Å²) in [6.45, 7) is 7.77. The van der Waals surface area contributed by atoms with E-state index in [1.807, 2.05) is 103 Å². The number of benzene rings is 12. The maximum Gasteiger partial charge on any atom is 0.187 e. The third kappa shape index (κ3) is 9.28. The molecule has 0 unspecified atom stereocenters. The Morgan fingerprint density at radius 3 is 1.06 bits per heavy atom. The first-order valence-electron chi connectivity index (χ1n) is 28.8. The Bertz CT molecular complexity index is 4630. The van der Waals surface area contributed by atoms with Gasteiger partial charge in [-0.1, -0.05) is 164 Å². The summed E-state index contributed by atoms with van der Waals surface area (Å²) < 4.78 is 0. The molecule has 0 N–H and O–H groups in total. The monoisotopic (exact) mass is 1120 g/mol. The van der Waals surface area contributed by atoms with Crippen molar-refractivity contribution in [2.24, 2.45) is 0 Å². The van der Waals surface area contributed by atoms with Gasteiger partial charge in [-0.2, -0.15) is 10.5 Å². The molecule has 410 valence electrons. The molecule has 0 saturated carbocycles. The zero-order chi connectivity index (χ0) is 59.1. The predicted molar refractivity (Wildman–Crippen MR) is 354 cm³/mol. The van der Waals surface area contributed by atoms with Gasteiger partial charge >= 0.3 is 0 Å². The normalized spacial score (nSPS) is 12.0. The molecular weight excluding hydrogens is 1080 g/mol. The van der Waals surface area contributed by atoms with Crippen molar-refractivity contribution in [3.05, 3.63) is 314 Å². The van der Waals surface area contributed by atoms with Crippen LogP contribution in [0.2, 0.25) is 0 Å². The van der Waals surface area contributed by atoms with Gasteiger partial charge in [0, 0.05) is 28.1 Å². The molecule has 1 aromatic heterocycles. The first-order valence-corrected chi connectivity index (χ1v) is 28.8. The highest BCUT2D eigenvalue weighted by Gasteiger charge is 2.35. The van der Waals surface area contributed by atoms with Gasteiger partial charge in [0.1, 0.15) is 0 Å². The number of nitrogens with zero attached hydrogens (tertiary/aromatic N) is 10. The first-order chi connectivity index (χ1) is 43.5. The maximum absolute atomic E-state index is 10.00. The lowest BCUT2D eigenvalue weighted by Crippen LogP contribution is -2.24. The SMILES string of the molecule is [C-]#[N+]c1ccc(-c2ccc(-c3nc(-c4cccc(-c5cccc(C#N)c5)c4)nc(-c4ccc(-c5ccc(C#N)cc5)cc4N4c5ccccc5N(c5ccccc5)c5ccccc54)n3)c(N3c4ccccc4N(c4ccccc4)c4ccccc43)c2)cc1. The van der Waals surface area contributed by atoms with Crippen LogP contribution in [0.4, 0.5) is 73.9 Å². The molecule has 88 heavy (non-hydrogen) atoms. The van der Waals surface area contributed by atoms with E-state index in [1.165, 1.54) is 0 Å². The molecule has 10 nitrogen and oxygen atoms in total. The lowest BCUT2D eigenvalue weighted by molar-refractivity contribution is 1.07. The van der Waals surface area contributed by atoms with Crippen LogP contribution >= 0.6 is 0 Å². The second kappa shape index (κ2) is 22.1. The molecule has 2 aliphatic heterocycles. The predicted octanol–water partition coefficient (Wildman–Crippen LogP) is 20.7. The minimum Gasteiger partial charge on any atom is -0.306 e. The number of aromatic nitrogens is 3. The third-order valence-electron chi connectivity index (χ3n) is 16.2. The Labute approximate surface area is 509 Å². The lowest BCUT2D eigenvalue weighted by atomic mass is 9.97. The molecule has 0 amide bonds. The number of anilines is 12. The van der Waals surface area contributed by atoms with E-state index >= 15 is 0 Å². The molecule has 12 aromatic carbocycles. The summed E-state index contributed by atoms with van der Waals surface area (Å²) in [5, 5.41) is 19.9. The van der Waals surface area contributed by atoms with Gasteiger partial charge in [0.25, 0.3) is 0 Å². The van der Waals surface area contributed by atoms with E-state index in [2.05, 4.69) is 225 Å². The van der Waals surface area contributed by atoms with E-state index in [1.54, 1.807) is 0 Å². The van der Waals surface area contributed by atoms with Crippen LogP contribution in [-0.4, -0.2) is 15.0 Å². The Morgan fingerprint density at radius 1 is 0.273 bits per heavy atom. The van der Waals surface area contributed by atoms with Gasteiger partial charge in [-0.3, -0.25) is 0 Å². The second-order valence-electron chi connectivity index (χ2n) is 21.4. The van der Waals surface area contributed by atoms with E-state index in [0.29, 0.717) is 34.3 Å². The number of para-hydroxylation sites is 10. The van der Waals surface area contributed by atoms with Crippen molar-refractivity contribution in [1.82, 2.24) is 15.0 Å². The van der Waals surface area contributed by atoms with Crippen LogP contribution < -0.4 is 19.6 Å². The molecule has 10 heteroatoms. The summed E-state index contributed by atoms with van der Waals surface area (Å²) in [5.74, 6) is 1.30. The number of nitriles is 2. The summed E-state index contributed by atoms with van der Waals surface area (Å²) in [6, 6.07) is 103. The number of fused-ring (bicyclic) bond motifs is 4. The van der Waals surface area contributed by atoms with E-state index < -0.39 is 0 Å². The molecule has 0 fully saturated rings. The van der Waals surface area contributed by atoms with Gasteiger partial charge in [0.05, 0.1) is 86.7 Å². The van der Waals surface area contributed by atoms with Crippen molar-refractivity contribution in [2.45, 2.75) is 0 Å². The Hall–Kier alpha value is -12.7. The van der Waals surface area contributed by atoms with Crippen LogP contribution in [0.5, 0.6) is 0 Å². The topological polar surface area (TPSA) is 104 Å². The van der Waals surface area contributed by atoms with E-state index in [4.69, 9.17) is 21.5 Å². The molecule has 0 aliphatic carbocycles. The van der Waals surface area contributed by atoms with Crippen molar-refractivity contribution < 1.29 is 0 Å². The van der Waals surface area contributed by atoms with E-state index in [0.717, 1.165) is 118 Å². The summed E-state index contributed by atoms with van der Waals surface area (Å²) in [5.41, 5.74) is 20.9. The zero-order valence-corrected chi connectivity index (χ0v) is 47.2. The first kappa shape index (κ1) is 52.1. The number of rotatable bonds is 10. The van der Waals surface area contributed by atoms with Crippen LogP contribution in [0.15, 0.2) is 291 Å². The third-order valence-corrected chi connectivity index (χ3v) is 16.2. The minimum absolute atomic E-state index is 0.429. The average molecular weight is 1130 g/mol. The molecule has 0 atom stereocenters. The molecule has 13 aromatic rings. The van der Waals surface area contributed by atoms with Crippen LogP contribution in [-0.2, 0) is 0 Å². The van der Waals surface area contributed by atoms with Crippen molar-refractivity contribution in [3.8, 4) is 79.7 Å². The highest BCUT2D eigenvalue weighted by atomic mass is 15.3. The molecule has 0 bridgehead atoms. The molecule has 0 spiro atoms. The molecule has 0 radical (unpaired) electrons. The van der Waals surface area contributed by atoms with Gasteiger partial charge in [-0.25, -0.2) is 19.8 Å². The number of hydrogen-bond donors (Lipinski definition) is 0. The fourth-order valence-electron chi connectivity index (χ4n) is 12.1. The zero-order valence-electron chi connectivity index (χ0n) is 47.2. The summed E-state index contributed by atoms with van der Waals surface area (Å²) in [7, 11) is 0. The van der Waals surface area contributed by atoms with Crippen LogP contribution in [0, 0.1) is 29.2 Å². The van der Waals surface area contributed by atoms with Gasteiger partial charge < -0.3 is 19.6 Å². The molecular formula is C78H48N10. The molecule has 0 saturated heterocycles. The smallest absolute Gasteiger partial charge is 0.187 e. The highest BCUT2D eigenvalue weighted by molar-refractivity contribution is 6.06. The summed E-state index contributed by atoms with van der Waals surface area (Å²) >= 11 is 0. The molecule has 2 aliphatic rings. The largest absolute Gasteiger partial charge is 0.306 e.